The number of hydrogen-bond acceptors (Lipinski definition) is 3. The first-order valence-electron chi connectivity index (χ1n) is 2.96. The normalized spacial score (nSPS) is 10.9. The standard InChI is InChI=1S/C6H8O4S.Na.H/c1-4-3-6(10-5(4)2)11(7,8)9;;/h3H,1-2H3,(H,7,8,9);;/q;+1;-1. The fraction of sp³-hybridized carbons (Fsp3) is 0.333. The molecule has 6 heteroatoms. The average molecular weight is 200 g/mol. The molecular weight excluding hydrogens is 191 g/mol. The molecule has 0 fully saturated rings. The zero-order valence-corrected chi connectivity index (χ0v) is 9.97. The van der Waals surface area contributed by atoms with Gasteiger partial charge in [0.15, 0.2) is 0 Å². The van der Waals surface area contributed by atoms with E-state index in [1.807, 2.05) is 0 Å². The average Bonchev–Trinajstić information content (AvgIpc) is 2.11. The molecule has 0 saturated carbocycles. The summed E-state index contributed by atoms with van der Waals surface area (Å²) in [5.41, 5.74) is 0.706. The molecule has 0 aliphatic rings. The SMILES string of the molecule is Cc1cc(S(=O)(=O)O)oc1C.[H-].[Na+]. The molecule has 1 rings (SSSR count). The van der Waals surface area contributed by atoms with E-state index in [2.05, 4.69) is 0 Å². The van der Waals surface area contributed by atoms with Gasteiger partial charge in [-0.3, -0.25) is 4.55 Å². The van der Waals surface area contributed by atoms with Crippen LogP contribution in [-0.4, -0.2) is 13.0 Å². The fourth-order valence-electron chi connectivity index (χ4n) is 0.666. The number of furan rings is 1. The van der Waals surface area contributed by atoms with Crippen molar-refractivity contribution in [1.29, 1.82) is 0 Å². The van der Waals surface area contributed by atoms with Crippen molar-refractivity contribution in [2.45, 2.75) is 18.9 Å². The summed E-state index contributed by atoms with van der Waals surface area (Å²) < 4.78 is 34.2. The van der Waals surface area contributed by atoms with Gasteiger partial charge < -0.3 is 5.84 Å². The fourth-order valence-corrected chi connectivity index (χ4v) is 1.22. The molecule has 4 nitrogen and oxygen atoms in total. The molecule has 0 radical (unpaired) electrons. The quantitative estimate of drug-likeness (QED) is 0.431. The van der Waals surface area contributed by atoms with Crippen LogP contribution >= 0.6 is 0 Å². The molecule has 0 saturated heterocycles. The van der Waals surface area contributed by atoms with Crippen molar-refractivity contribution in [1.82, 2.24) is 0 Å². The minimum atomic E-state index is -4.17. The Hall–Kier alpha value is 0.190. The Bertz CT molecular complexity index is 350. The van der Waals surface area contributed by atoms with Gasteiger partial charge in [-0.25, -0.2) is 0 Å². The van der Waals surface area contributed by atoms with Crippen molar-refractivity contribution in [3.05, 3.63) is 17.4 Å². The largest absolute Gasteiger partial charge is 1.00 e. The van der Waals surface area contributed by atoms with Crippen LogP contribution in [0.4, 0.5) is 0 Å². The zero-order valence-electron chi connectivity index (χ0n) is 8.16. The molecule has 0 aromatic carbocycles. The molecule has 0 aliphatic carbocycles. The van der Waals surface area contributed by atoms with Gasteiger partial charge in [-0.05, 0) is 19.4 Å². The van der Waals surface area contributed by atoms with Crippen molar-refractivity contribution < 1.29 is 48.4 Å². The summed E-state index contributed by atoms with van der Waals surface area (Å²) in [6, 6.07) is 1.28. The summed E-state index contributed by atoms with van der Waals surface area (Å²) in [5, 5.41) is -0.396. The summed E-state index contributed by atoms with van der Waals surface area (Å²) in [6.45, 7) is 3.33. The summed E-state index contributed by atoms with van der Waals surface area (Å²) >= 11 is 0. The van der Waals surface area contributed by atoms with Gasteiger partial charge in [0.1, 0.15) is 5.76 Å². The topological polar surface area (TPSA) is 67.5 Å². The molecule has 0 spiro atoms. The molecule has 0 amide bonds. The molecule has 0 bridgehead atoms. The Morgan fingerprint density at radius 1 is 1.50 bits per heavy atom. The number of rotatable bonds is 1. The van der Waals surface area contributed by atoms with Crippen LogP contribution in [-0.2, 0) is 10.1 Å². The second kappa shape index (κ2) is 3.93. The van der Waals surface area contributed by atoms with Crippen LogP contribution in [0, 0.1) is 13.8 Å². The van der Waals surface area contributed by atoms with Gasteiger partial charge in [0.2, 0.25) is 5.09 Å². The van der Waals surface area contributed by atoms with E-state index in [0.29, 0.717) is 11.3 Å². The summed E-state index contributed by atoms with van der Waals surface area (Å²) in [4.78, 5) is 0. The maximum atomic E-state index is 10.5. The van der Waals surface area contributed by atoms with Crippen molar-refractivity contribution in [2.24, 2.45) is 0 Å². The maximum absolute atomic E-state index is 10.5. The van der Waals surface area contributed by atoms with E-state index >= 15 is 0 Å². The van der Waals surface area contributed by atoms with Crippen LogP contribution in [0.15, 0.2) is 15.6 Å². The molecule has 12 heavy (non-hydrogen) atoms. The van der Waals surface area contributed by atoms with Gasteiger partial charge >= 0.3 is 39.7 Å². The van der Waals surface area contributed by atoms with Crippen molar-refractivity contribution in [3.8, 4) is 0 Å². The zero-order chi connectivity index (χ0) is 8.65. The van der Waals surface area contributed by atoms with Gasteiger partial charge in [0, 0.05) is 6.07 Å². The van der Waals surface area contributed by atoms with E-state index in [1.54, 1.807) is 13.8 Å². The van der Waals surface area contributed by atoms with Crippen LogP contribution in [0.1, 0.15) is 12.8 Å². The second-order valence-corrected chi connectivity index (χ2v) is 3.63. The number of aryl methyl sites for hydroxylation is 2. The summed E-state index contributed by atoms with van der Waals surface area (Å²) in [6.07, 6.45) is 0. The molecule has 1 heterocycles. The van der Waals surface area contributed by atoms with Crippen molar-refractivity contribution >= 4 is 10.1 Å². The van der Waals surface area contributed by atoms with Gasteiger partial charge in [-0.2, -0.15) is 8.42 Å². The molecule has 1 N–H and O–H groups in total. The van der Waals surface area contributed by atoms with E-state index in [4.69, 9.17) is 8.97 Å². The minimum Gasteiger partial charge on any atom is -1.00 e. The van der Waals surface area contributed by atoms with E-state index in [1.165, 1.54) is 6.07 Å². The molecule has 0 atom stereocenters. The van der Waals surface area contributed by atoms with E-state index in [0.717, 1.165) is 0 Å². The first-order chi connectivity index (χ1) is 4.91. The third-order valence-electron chi connectivity index (χ3n) is 1.40. The maximum Gasteiger partial charge on any atom is 1.00 e. The molecular formula is C6H9NaO4S. The van der Waals surface area contributed by atoms with Crippen LogP contribution in [0.2, 0.25) is 0 Å². The van der Waals surface area contributed by atoms with Gasteiger partial charge in [-0.1, -0.05) is 0 Å². The Kier molecular flexibility index (Phi) is 3.99. The summed E-state index contributed by atoms with van der Waals surface area (Å²) in [7, 11) is -4.17. The Morgan fingerprint density at radius 2 is 2.00 bits per heavy atom. The van der Waals surface area contributed by atoms with Gasteiger partial charge in [-0.15, -0.1) is 0 Å². The predicted molar refractivity (Wildman–Crippen MR) is 39.1 cm³/mol. The van der Waals surface area contributed by atoms with Crippen LogP contribution in [0.25, 0.3) is 0 Å². The van der Waals surface area contributed by atoms with E-state index < -0.39 is 15.2 Å². The minimum absolute atomic E-state index is 0. The molecule has 0 aliphatic heterocycles. The number of hydrogen-bond donors (Lipinski definition) is 1. The van der Waals surface area contributed by atoms with Crippen molar-refractivity contribution in [3.63, 3.8) is 0 Å². The van der Waals surface area contributed by atoms with E-state index in [9.17, 15) is 8.42 Å². The first kappa shape index (κ1) is 12.2. The predicted octanol–water partition coefficient (Wildman–Crippen LogP) is -1.74. The Morgan fingerprint density at radius 3 is 2.17 bits per heavy atom. The molecule has 1 aromatic rings. The monoisotopic (exact) mass is 200 g/mol. The van der Waals surface area contributed by atoms with Crippen LogP contribution in [0.5, 0.6) is 0 Å². The smallest absolute Gasteiger partial charge is 1.00 e. The van der Waals surface area contributed by atoms with Gasteiger partial charge in [0.25, 0.3) is 0 Å². The molecule has 0 unspecified atom stereocenters. The van der Waals surface area contributed by atoms with E-state index in [-0.39, 0.29) is 31.0 Å². The molecule has 1 aromatic heterocycles. The first-order valence-corrected chi connectivity index (χ1v) is 4.40. The Balaban J connectivity index is 0. The van der Waals surface area contributed by atoms with Crippen LogP contribution in [0.3, 0.4) is 0 Å². The third-order valence-corrected chi connectivity index (χ3v) is 2.11. The van der Waals surface area contributed by atoms with Crippen molar-refractivity contribution in [2.75, 3.05) is 0 Å². The van der Waals surface area contributed by atoms with Crippen LogP contribution < -0.4 is 29.6 Å². The summed E-state index contributed by atoms with van der Waals surface area (Å²) in [5.74, 6) is 0.498. The Labute approximate surface area is 94.5 Å². The van der Waals surface area contributed by atoms with Gasteiger partial charge in [0.05, 0.1) is 0 Å². The molecule has 64 valence electrons. The third kappa shape index (κ3) is 2.60. The second-order valence-electron chi connectivity index (χ2n) is 2.28.